The Kier molecular flexibility index (Phi) is 7.59. The van der Waals surface area contributed by atoms with Crippen LogP contribution in [0.2, 0.25) is 0 Å². The summed E-state index contributed by atoms with van der Waals surface area (Å²) < 4.78 is 16.4. The number of amides is 1. The van der Waals surface area contributed by atoms with Crippen molar-refractivity contribution >= 4 is 39.3 Å². The van der Waals surface area contributed by atoms with Crippen molar-refractivity contribution in [1.82, 2.24) is 19.7 Å². The van der Waals surface area contributed by atoms with Gasteiger partial charge in [-0.3, -0.25) is 14.3 Å². The van der Waals surface area contributed by atoms with Gasteiger partial charge in [0.2, 0.25) is 5.91 Å². The van der Waals surface area contributed by atoms with Crippen molar-refractivity contribution in [2.75, 3.05) is 24.2 Å². The van der Waals surface area contributed by atoms with Crippen LogP contribution in [0, 0.1) is 5.82 Å². The monoisotopic (exact) mass is 517 g/mol. The lowest BCUT2D eigenvalue weighted by atomic mass is 10.1. The highest BCUT2D eigenvalue weighted by Gasteiger charge is 2.25. The van der Waals surface area contributed by atoms with Crippen molar-refractivity contribution in [1.29, 1.82) is 0 Å². The number of anilines is 1. The molecule has 1 unspecified atom stereocenters. The van der Waals surface area contributed by atoms with E-state index in [1.807, 2.05) is 28.8 Å². The van der Waals surface area contributed by atoms with E-state index in [-0.39, 0.29) is 23.5 Å². The Balaban J connectivity index is 1.55. The van der Waals surface area contributed by atoms with Crippen molar-refractivity contribution in [2.45, 2.75) is 37.4 Å². The molecule has 0 aliphatic carbocycles. The molecule has 32 heavy (non-hydrogen) atoms. The minimum atomic E-state index is -0.296. The highest BCUT2D eigenvalue weighted by molar-refractivity contribution is 9.10. The number of carbonyl (C=O) groups is 1. The van der Waals surface area contributed by atoms with E-state index in [9.17, 15) is 9.18 Å². The molecule has 0 saturated carbocycles. The van der Waals surface area contributed by atoms with Gasteiger partial charge in [-0.15, -0.1) is 10.2 Å². The van der Waals surface area contributed by atoms with Gasteiger partial charge in [-0.25, -0.2) is 4.39 Å². The third kappa shape index (κ3) is 5.57. The largest absolute Gasteiger partial charge is 0.325 e. The number of piperidine rings is 1. The van der Waals surface area contributed by atoms with Crippen molar-refractivity contribution in [3.8, 4) is 5.69 Å². The zero-order valence-corrected chi connectivity index (χ0v) is 20.2. The summed E-state index contributed by atoms with van der Waals surface area (Å²) >= 11 is 4.72. The first-order chi connectivity index (χ1) is 15.5. The van der Waals surface area contributed by atoms with Crippen molar-refractivity contribution in [2.24, 2.45) is 0 Å². The lowest BCUT2D eigenvalue weighted by Crippen LogP contribution is -2.33. The molecule has 4 rings (SSSR count). The number of hydrogen-bond donors (Lipinski definition) is 1. The summed E-state index contributed by atoms with van der Waals surface area (Å²) in [4.78, 5) is 14.9. The zero-order valence-electron chi connectivity index (χ0n) is 17.8. The average Bonchev–Trinajstić information content (AvgIpc) is 3.22. The molecule has 9 heteroatoms. The molecule has 6 nitrogen and oxygen atoms in total. The zero-order chi connectivity index (χ0) is 22.5. The first-order valence-electron chi connectivity index (χ1n) is 10.6. The molecule has 1 fully saturated rings. The Bertz CT molecular complexity index is 1070. The van der Waals surface area contributed by atoms with Crippen molar-refractivity contribution < 1.29 is 9.18 Å². The van der Waals surface area contributed by atoms with Gasteiger partial charge < -0.3 is 5.32 Å². The lowest BCUT2D eigenvalue weighted by molar-refractivity contribution is -0.113. The fraction of sp³-hybridized carbons (Fsp3) is 0.348. The van der Waals surface area contributed by atoms with Gasteiger partial charge in [-0.1, -0.05) is 40.2 Å². The first-order valence-corrected chi connectivity index (χ1v) is 12.4. The predicted molar refractivity (Wildman–Crippen MR) is 129 cm³/mol. The van der Waals surface area contributed by atoms with Crippen LogP contribution in [0.15, 0.2) is 58.2 Å². The predicted octanol–water partition coefficient (Wildman–Crippen LogP) is 5.45. The number of carbonyl (C=O) groups excluding carboxylic acids is 1. The summed E-state index contributed by atoms with van der Waals surface area (Å²) in [6, 6.07) is 13.8. The van der Waals surface area contributed by atoms with Gasteiger partial charge in [0.25, 0.3) is 0 Å². The molecule has 2 aromatic carbocycles. The minimum absolute atomic E-state index is 0.0673. The second kappa shape index (κ2) is 10.6. The normalized spacial score (nSPS) is 15.5. The van der Waals surface area contributed by atoms with E-state index < -0.39 is 0 Å². The van der Waals surface area contributed by atoms with Crippen LogP contribution in [0.25, 0.3) is 5.69 Å². The van der Waals surface area contributed by atoms with E-state index in [0.717, 1.165) is 34.8 Å². The summed E-state index contributed by atoms with van der Waals surface area (Å²) in [5, 5.41) is 12.4. The molecule has 1 N–H and O–H groups in total. The third-order valence-electron chi connectivity index (χ3n) is 5.50. The summed E-state index contributed by atoms with van der Waals surface area (Å²) in [5.41, 5.74) is 1.51. The molecule has 1 atom stereocenters. The number of aromatic nitrogens is 3. The smallest absolute Gasteiger partial charge is 0.234 e. The van der Waals surface area contributed by atoms with Crippen LogP contribution in [0.1, 0.15) is 38.1 Å². The van der Waals surface area contributed by atoms with Gasteiger partial charge in [-0.2, -0.15) is 0 Å². The van der Waals surface area contributed by atoms with Crippen LogP contribution in [0.5, 0.6) is 0 Å². The van der Waals surface area contributed by atoms with Crippen molar-refractivity contribution in [3.05, 3.63) is 64.6 Å². The third-order valence-corrected chi connectivity index (χ3v) is 6.92. The van der Waals surface area contributed by atoms with E-state index in [1.54, 1.807) is 12.1 Å². The molecule has 0 spiro atoms. The Morgan fingerprint density at radius 3 is 2.62 bits per heavy atom. The van der Waals surface area contributed by atoms with Crippen molar-refractivity contribution in [3.63, 3.8) is 0 Å². The maximum Gasteiger partial charge on any atom is 0.234 e. The van der Waals surface area contributed by atoms with Crippen LogP contribution < -0.4 is 5.32 Å². The fourth-order valence-electron chi connectivity index (χ4n) is 3.84. The number of likely N-dealkylation sites (tertiary alicyclic amines) is 1. The molecule has 1 aliphatic rings. The Morgan fingerprint density at radius 1 is 1.16 bits per heavy atom. The van der Waals surface area contributed by atoms with Crippen LogP contribution in [0.4, 0.5) is 10.1 Å². The molecule has 0 radical (unpaired) electrons. The number of rotatable bonds is 7. The second-order valence-electron chi connectivity index (χ2n) is 7.77. The van der Waals surface area contributed by atoms with E-state index in [4.69, 9.17) is 0 Å². The number of halogens is 2. The maximum atomic E-state index is 13.6. The number of hydrogen-bond acceptors (Lipinski definition) is 5. The second-order valence-corrected chi connectivity index (χ2v) is 9.63. The van der Waals surface area contributed by atoms with Gasteiger partial charge in [0.15, 0.2) is 11.0 Å². The number of benzene rings is 2. The first kappa shape index (κ1) is 22.9. The van der Waals surface area contributed by atoms with E-state index in [1.165, 1.54) is 43.2 Å². The minimum Gasteiger partial charge on any atom is -0.325 e. The summed E-state index contributed by atoms with van der Waals surface area (Å²) in [7, 11) is 0. The summed E-state index contributed by atoms with van der Waals surface area (Å²) in [6.45, 7) is 4.17. The molecule has 1 aromatic heterocycles. The van der Waals surface area contributed by atoms with E-state index >= 15 is 0 Å². The SMILES string of the molecule is CC(c1nnc(SCC(=O)Nc2cccc(Br)c2)n1-c1ccc(F)cc1)N1CCCCC1. The van der Waals surface area contributed by atoms with Crippen LogP contribution >= 0.6 is 27.7 Å². The summed E-state index contributed by atoms with van der Waals surface area (Å²) in [6.07, 6.45) is 3.60. The molecule has 1 aliphatic heterocycles. The molecule has 2 heterocycles. The molecule has 168 valence electrons. The van der Waals surface area contributed by atoms with Gasteiger partial charge in [-0.05, 0) is 75.3 Å². The van der Waals surface area contributed by atoms with Gasteiger partial charge in [0.1, 0.15) is 5.82 Å². The molecule has 3 aromatic rings. The molecular weight excluding hydrogens is 493 g/mol. The number of nitrogens with zero attached hydrogens (tertiary/aromatic N) is 4. The molecule has 1 amide bonds. The topological polar surface area (TPSA) is 63.1 Å². The fourth-order valence-corrected chi connectivity index (χ4v) is 5.00. The Hall–Kier alpha value is -2.23. The van der Waals surface area contributed by atoms with E-state index in [0.29, 0.717) is 5.16 Å². The van der Waals surface area contributed by atoms with Crippen LogP contribution in [0.3, 0.4) is 0 Å². The van der Waals surface area contributed by atoms with E-state index in [2.05, 4.69) is 43.3 Å². The highest BCUT2D eigenvalue weighted by Crippen LogP contribution is 2.29. The number of thioether (sulfide) groups is 1. The quantitative estimate of drug-likeness (QED) is 0.422. The van der Waals surface area contributed by atoms with Crippen LogP contribution in [-0.4, -0.2) is 44.4 Å². The Morgan fingerprint density at radius 2 is 1.91 bits per heavy atom. The van der Waals surface area contributed by atoms with Crippen LogP contribution in [-0.2, 0) is 4.79 Å². The average molecular weight is 518 g/mol. The van der Waals surface area contributed by atoms with Gasteiger partial charge >= 0.3 is 0 Å². The molecule has 1 saturated heterocycles. The van der Waals surface area contributed by atoms with Gasteiger partial charge in [0.05, 0.1) is 11.8 Å². The molecular formula is C23H25BrFN5OS. The summed E-state index contributed by atoms with van der Waals surface area (Å²) in [5.74, 6) is 0.556. The Labute approximate surface area is 199 Å². The van der Waals surface area contributed by atoms with Gasteiger partial charge in [0, 0.05) is 15.8 Å². The number of nitrogens with one attached hydrogen (secondary N) is 1. The standard InChI is InChI=1S/C23H25BrFN5OS/c1-16(29-12-3-2-4-13-29)22-27-28-23(30(22)20-10-8-18(25)9-11-20)32-15-21(31)26-19-7-5-6-17(24)14-19/h5-11,14,16H,2-4,12-13,15H2,1H3,(H,26,31). The maximum absolute atomic E-state index is 13.6. The highest BCUT2D eigenvalue weighted by atomic mass is 79.9. The lowest BCUT2D eigenvalue weighted by Gasteiger charge is -2.31. The molecule has 0 bridgehead atoms.